The predicted octanol–water partition coefficient (Wildman–Crippen LogP) is 4.81. The predicted molar refractivity (Wildman–Crippen MR) is 88.4 cm³/mol. The number of furan rings is 1. The zero-order valence-electron chi connectivity index (χ0n) is 12.3. The summed E-state index contributed by atoms with van der Waals surface area (Å²) < 4.78 is 6.24. The van der Waals surface area contributed by atoms with Crippen LogP contribution < -0.4 is 10.6 Å². The van der Waals surface area contributed by atoms with Gasteiger partial charge < -0.3 is 15.1 Å². The van der Waals surface area contributed by atoms with Gasteiger partial charge in [-0.2, -0.15) is 0 Å². The second kappa shape index (κ2) is 6.80. The standard InChI is InChI=1S/C16H19BrN2O2/c1-10(2)16(20)19-13-6-4-5-12(9-13)18-11(3)14-7-8-15(17)21-14/h4-11,18H,1-3H3,(H,19,20). The summed E-state index contributed by atoms with van der Waals surface area (Å²) in [5, 5.41) is 6.24. The van der Waals surface area contributed by atoms with Gasteiger partial charge in [-0.3, -0.25) is 4.79 Å². The Hall–Kier alpha value is -1.75. The van der Waals surface area contributed by atoms with E-state index in [4.69, 9.17) is 4.42 Å². The number of anilines is 2. The zero-order chi connectivity index (χ0) is 15.4. The number of hydrogen-bond acceptors (Lipinski definition) is 3. The molecule has 1 unspecified atom stereocenters. The van der Waals surface area contributed by atoms with E-state index in [9.17, 15) is 4.79 Å². The minimum absolute atomic E-state index is 0.00941. The Morgan fingerprint density at radius 3 is 2.48 bits per heavy atom. The number of hydrogen-bond donors (Lipinski definition) is 2. The van der Waals surface area contributed by atoms with Crippen LogP contribution in [-0.4, -0.2) is 5.91 Å². The lowest BCUT2D eigenvalue weighted by molar-refractivity contribution is -0.118. The van der Waals surface area contributed by atoms with Crippen LogP contribution in [0.15, 0.2) is 45.5 Å². The molecular formula is C16H19BrN2O2. The van der Waals surface area contributed by atoms with Crippen molar-refractivity contribution in [2.75, 3.05) is 10.6 Å². The van der Waals surface area contributed by atoms with Crippen molar-refractivity contribution >= 4 is 33.2 Å². The van der Waals surface area contributed by atoms with Gasteiger partial charge >= 0.3 is 0 Å². The molecule has 112 valence electrons. The molecule has 21 heavy (non-hydrogen) atoms. The monoisotopic (exact) mass is 350 g/mol. The maximum absolute atomic E-state index is 11.7. The SMILES string of the molecule is CC(C)C(=O)Nc1cccc(NC(C)c2ccc(Br)o2)c1. The molecule has 2 rings (SSSR count). The molecule has 0 aliphatic heterocycles. The number of halogens is 1. The van der Waals surface area contributed by atoms with Crippen LogP contribution >= 0.6 is 15.9 Å². The maximum atomic E-state index is 11.7. The topological polar surface area (TPSA) is 54.3 Å². The highest BCUT2D eigenvalue weighted by molar-refractivity contribution is 9.10. The molecule has 0 fully saturated rings. The van der Waals surface area contributed by atoms with Gasteiger partial charge in [0.25, 0.3) is 0 Å². The van der Waals surface area contributed by atoms with Crippen LogP contribution in [-0.2, 0) is 4.79 Å². The Bertz CT molecular complexity index is 622. The average Bonchev–Trinajstić information content (AvgIpc) is 2.86. The quantitative estimate of drug-likeness (QED) is 0.813. The number of carbonyl (C=O) groups excluding carboxylic acids is 1. The van der Waals surface area contributed by atoms with Crippen molar-refractivity contribution in [2.24, 2.45) is 5.92 Å². The number of nitrogens with one attached hydrogen (secondary N) is 2. The van der Waals surface area contributed by atoms with Gasteiger partial charge in [0.1, 0.15) is 5.76 Å². The summed E-state index contributed by atoms with van der Waals surface area (Å²) in [6, 6.07) is 11.5. The molecule has 5 heteroatoms. The number of carbonyl (C=O) groups is 1. The highest BCUT2D eigenvalue weighted by Crippen LogP contribution is 2.25. The summed E-state index contributed by atoms with van der Waals surface area (Å²) >= 11 is 3.30. The fraction of sp³-hybridized carbons (Fsp3) is 0.312. The molecular weight excluding hydrogens is 332 g/mol. The van der Waals surface area contributed by atoms with Crippen LogP contribution in [0.2, 0.25) is 0 Å². The third-order valence-corrected chi connectivity index (χ3v) is 3.48. The molecule has 1 atom stereocenters. The fourth-order valence-corrected chi connectivity index (χ4v) is 2.17. The first-order chi connectivity index (χ1) is 9.95. The average molecular weight is 351 g/mol. The Morgan fingerprint density at radius 2 is 1.86 bits per heavy atom. The highest BCUT2D eigenvalue weighted by atomic mass is 79.9. The molecule has 0 bridgehead atoms. The summed E-state index contributed by atoms with van der Waals surface area (Å²) in [5.41, 5.74) is 1.71. The largest absolute Gasteiger partial charge is 0.452 e. The van der Waals surface area contributed by atoms with E-state index in [2.05, 4.69) is 26.6 Å². The highest BCUT2D eigenvalue weighted by Gasteiger charge is 2.11. The van der Waals surface area contributed by atoms with Crippen molar-refractivity contribution in [1.29, 1.82) is 0 Å². The second-order valence-corrected chi connectivity index (χ2v) is 6.01. The number of amides is 1. The van der Waals surface area contributed by atoms with Gasteiger partial charge in [0.2, 0.25) is 5.91 Å². The minimum Gasteiger partial charge on any atom is -0.452 e. The van der Waals surface area contributed by atoms with E-state index < -0.39 is 0 Å². The van der Waals surface area contributed by atoms with Crippen molar-refractivity contribution in [2.45, 2.75) is 26.8 Å². The Balaban J connectivity index is 2.05. The van der Waals surface area contributed by atoms with Crippen LogP contribution in [0.3, 0.4) is 0 Å². The summed E-state index contributed by atoms with van der Waals surface area (Å²) in [6.07, 6.45) is 0. The molecule has 2 N–H and O–H groups in total. The third kappa shape index (κ3) is 4.36. The molecule has 0 radical (unpaired) electrons. The smallest absolute Gasteiger partial charge is 0.226 e. The van der Waals surface area contributed by atoms with Crippen molar-refractivity contribution in [1.82, 2.24) is 0 Å². The molecule has 1 amide bonds. The van der Waals surface area contributed by atoms with Crippen molar-refractivity contribution in [3.8, 4) is 0 Å². The second-order valence-electron chi connectivity index (χ2n) is 5.23. The summed E-state index contributed by atoms with van der Waals surface area (Å²) in [5.74, 6) is 0.815. The van der Waals surface area contributed by atoms with Crippen LogP contribution in [0.25, 0.3) is 0 Å². The van der Waals surface area contributed by atoms with E-state index >= 15 is 0 Å². The lowest BCUT2D eigenvalue weighted by Gasteiger charge is -2.14. The summed E-state index contributed by atoms with van der Waals surface area (Å²) in [7, 11) is 0. The first-order valence-electron chi connectivity index (χ1n) is 6.88. The lowest BCUT2D eigenvalue weighted by atomic mass is 10.2. The third-order valence-electron chi connectivity index (χ3n) is 3.06. The zero-order valence-corrected chi connectivity index (χ0v) is 13.9. The summed E-state index contributed by atoms with van der Waals surface area (Å²) in [6.45, 7) is 5.76. The van der Waals surface area contributed by atoms with Crippen LogP contribution in [0.1, 0.15) is 32.6 Å². The van der Waals surface area contributed by atoms with Gasteiger partial charge in [0, 0.05) is 17.3 Å². The van der Waals surface area contributed by atoms with E-state index in [1.165, 1.54) is 0 Å². The molecule has 1 heterocycles. The molecule has 0 saturated heterocycles. The van der Waals surface area contributed by atoms with Gasteiger partial charge in [-0.25, -0.2) is 0 Å². The number of benzene rings is 1. The van der Waals surface area contributed by atoms with E-state index in [1.807, 2.05) is 57.2 Å². The molecule has 1 aromatic carbocycles. The molecule has 2 aromatic rings. The van der Waals surface area contributed by atoms with Crippen molar-refractivity contribution in [3.63, 3.8) is 0 Å². The van der Waals surface area contributed by atoms with Crippen molar-refractivity contribution in [3.05, 3.63) is 46.8 Å². The maximum Gasteiger partial charge on any atom is 0.226 e. The Morgan fingerprint density at radius 1 is 1.14 bits per heavy atom. The molecule has 0 spiro atoms. The first kappa shape index (κ1) is 15.6. The molecule has 1 aromatic heterocycles. The minimum atomic E-state index is -0.0407. The van der Waals surface area contributed by atoms with Gasteiger partial charge in [0.05, 0.1) is 6.04 Å². The van der Waals surface area contributed by atoms with Gasteiger partial charge in [-0.05, 0) is 53.2 Å². The van der Waals surface area contributed by atoms with Crippen molar-refractivity contribution < 1.29 is 9.21 Å². The Kier molecular flexibility index (Phi) is 5.07. The van der Waals surface area contributed by atoms with Crippen LogP contribution in [0.4, 0.5) is 11.4 Å². The van der Waals surface area contributed by atoms with Crippen LogP contribution in [0, 0.1) is 5.92 Å². The fourth-order valence-electron chi connectivity index (χ4n) is 1.86. The normalized spacial score (nSPS) is 12.2. The summed E-state index contributed by atoms with van der Waals surface area (Å²) in [4.78, 5) is 11.7. The molecule has 0 saturated carbocycles. The first-order valence-corrected chi connectivity index (χ1v) is 7.67. The Labute approximate surface area is 133 Å². The van der Waals surface area contributed by atoms with E-state index in [0.29, 0.717) is 4.67 Å². The van der Waals surface area contributed by atoms with Gasteiger partial charge in [-0.1, -0.05) is 19.9 Å². The van der Waals surface area contributed by atoms with Gasteiger partial charge in [0.15, 0.2) is 4.67 Å². The van der Waals surface area contributed by atoms with E-state index in [0.717, 1.165) is 17.1 Å². The molecule has 0 aliphatic rings. The lowest BCUT2D eigenvalue weighted by Crippen LogP contribution is -2.17. The van der Waals surface area contributed by atoms with Gasteiger partial charge in [-0.15, -0.1) is 0 Å². The molecule has 0 aliphatic carbocycles. The number of rotatable bonds is 5. The molecule has 4 nitrogen and oxygen atoms in total. The van der Waals surface area contributed by atoms with Crippen LogP contribution in [0.5, 0.6) is 0 Å². The van der Waals surface area contributed by atoms with E-state index in [1.54, 1.807) is 0 Å². The van der Waals surface area contributed by atoms with E-state index in [-0.39, 0.29) is 17.9 Å².